The molecule has 152 valence electrons. The fraction of sp³-hybridized carbons (Fsp3) is 0.435. The van der Waals surface area contributed by atoms with Crippen molar-refractivity contribution >= 4 is 23.5 Å². The second kappa shape index (κ2) is 7.95. The minimum atomic E-state index is -0.395. The van der Waals surface area contributed by atoms with Gasteiger partial charge >= 0.3 is 0 Å². The second-order valence-electron chi connectivity index (χ2n) is 8.29. The van der Waals surface area contributed by atoms with Gasteiger partial charge < -0.3 is 15.5 Å². The van der Waals surface area contributed by atoms with E-state index in [-0.39, 0.29) is 0 Å². The molecule has 2 N–H and O–H groups in total. The summed E-state index contributed by atoms with van der Waals surface area (Å²) in [6, 6.07) is 4.34. The summed E-state index contributed by atoms with van der Waals surface area (Å²) in [6.07, 6.45) is 9.04. The maximum absolute atomic E-state index is 12.4. The summed E-state index contributed by atoms with van der Waals surface area (Å²) in [6.45, 7) is 1.69. The number of aliphatic imine (C=N–C) groups is 1. The number of fused-ring (bicyclic) bond motifs is 2. The van der Waals surface area contributed by atoms with Crippen LogP contribution in [-0.2, 0) is 19.3 Å². The number of hydrogen-bond acceptors (Lipinski definition) is 5. The number of aryl methyl sites for hydroxylation is 2. The zero-order valence-corrected chi connectivity index (χ0v) is 17.5. The SMILES string of the molecule is CN(C)CCN(C)c1cc(-c2cnc3c(c2)CCCC3)c2c(c1C(N)=O)CC=N2. The summed E-state index contributed by atoms with van der Waals surface area (Å²) in [7, 11) is 6.11. The van der Waals surface area contributed by atoms with E-state index in [9.17, 15) is 4.79 Å². The standard InChI is InChI=1S/C23H29N5O/c1-27(2)10-11-28(3)20-13-18(22-17(8-9-25-22)21(20)23(24)29)16-12-15-6-4-5-7-19(15)26-14-16/h9,12-14H,4-8,10-11H2,1-3H3,(H2,24,29). The maximum Gasteiger partial charge on any atom is 0.251 e. The summed E-state index contributed by atoms with van der Waals surface area (Å²) >= 11 is 0. The number of amides is 1. The summed E-state index contributed by atoms with van der Waals surface area (Å²) < 4.78 is 0. The average molecular weight is 392 g/mol. The number of hydrogen-bond donors (Lipinski definition) is 1. The van der Waals surface area contributed by atoms with Crippen LogP contribution in [0.4, 0.5) is 11.4 Å². The highest BCUT2D eigenvalue weighted by Crippen LogP contribution is 2.43. The lowest BCUT2D eigenvalue weighted by Gasteiger charge is -2.26. The molecule has 29 heavy (non-hydrogen) atoms. The van der Waals surface area contributed by atoms with Gasteiger partial charge in [-0.15, -0.1) is 0 Å². The highest BCUT2D eigenvalue weighted by molar-refractivity contribution is 6.06. The highest BCUT2D eigenvalue weighted by Gasteiger charge is 2.26. The van der Waals surface area contributed by atoms with E-state index in [1.165, 1.54) is 24.1 Å². The van der Waals surface area contributed by atoms with E-state index in [1.54, 1.807) is 0 Å². The lowest BCUT2D eigenvalue weighted by atomic mass is 9.90. The Labute approximate surface area is 172 Å². The van der Waals surface area contributed by atoms with Crippen molar-refractivity contribution in [1.29, 1.82) is 0 Å². The van der Waals surface area contributed by atoms with Crippen LogP contribution in [0.5, 0.6) is 0 Å². The van der Waals surface area contributed by atoms with Crippen molar-refractivity contribution < 1.29 is 4.79 Å². The maximum atomic E-state index is 12.4. The van der Waals surface area contributed by atoms with Crippen LogP contribution in [0.15, 0.2) is 23.3 Å². The molecule has 2 aliphatic rings. The van der Waals surface area contributed by atoms with E-state index < -0.39 is 5.91 Å². The predicted molar refractivity (Wildman–Crippen MR) is 119 cm³/mol. The normalized spacial score (nSPS) is 14.8. The van der Waals surface area contributed by atoms with Crippen molar-refractivity contribution in [1.82, 2.24) is 9.88 Å². The van der Waals surface area contributed by atoms with Crippen molar-refractivity contribution in [3.63, 3.8) is 0 Å². The number of aromatic nitrogens is 1. The minimum absolute atomic E-state index is 0.395. The van der Waals surface area contributed by atoms with E-state index in [4.69, 9.17) is 10.7 Å². The first kappa shape index (κ1) is 19.6. The summed E-state index contributed by atoms with van der Waals surface area (Å²) in [4.78, 5) is 26.0. The van der Waals surface area contributed by atoms with Crippen molar-refractivity contribution in [2.24, 2.45) is 10.7 Å². The molecular weight excluding hydrogens is 362 g/mol. The Morgan fingerprint density at radius 3 is 2.69 bits per heavy atom. The molecule has 1 amide bonds. The fourth-order valence-corrected chi connectivity index (χ4v) is 4.29. The zero-order valence-electron chi connectivity index (χ0n) is 17.5. The molecule has 0 spiro atoms. The number of anilines is 1. The number of likely N-dealkylation sites (N-methyl/N-ethyl adjacent to an activating group) is 2. The number of carbonyl (C=O) groups excluding carboxylic acids is 1. The van der Waals surface area contributed by atoms with Gasteiger partial charge in [0.2, 0.25) is 0 Å². The molecule has 6 heteroatoms. The van der Waals surface area contributed by atoms with Crippen molar-refractivity contribution in [3.8, 4) is 11.1 Å². The molecule has 1 aromatic carbocycles. The first-order valence-corrected chi connectivity index (χ1v) is 10.3. The van der Waals surface area contributed by atoms with Gasteiger partial charge in [-0.05, 0) is 63.0 Å². The molecule has 4 rings (SSSR count). The number of benzene rings is 1. The molecule has 1 aromatic heterocycles. The van der Waals surface area contributed by atoms with Crippen molar-refractivity contribution in [2.45, 2.75) is 32.1 Å². The third-order valence-corrected chi connectivity index (χ3v) is 5.92. The van der Waals surface area contributed by atoms with Crippen LogP contribution in [-0.4, -0.2) is 56.2 Å². The predicted octanol–water partition coefficient (Wildman–Crippen LogP) is 2.98. The van der Waals surface area contributed by atoms with Crippen LogP contribution in [0, 0.1) is 0 Å². The molecule has 1 aliphatic carbocycles. The molecule has 1 aliphatic heterocycles. The van der Waals surface area contributed by atoms with Gasteiger partial charge in [0.05, 0.1) is 16.9 Å². The van der Waals surface area contributed by atoms with E-state index in [0.29, 0.717) is 12.0 Å². The van der Waals surface area contributed by atoms with Crippen LogP contribution in [0.1, 0.15) is 40.0 Å². The van der Waals surface area contributed by atoms with E-state index in [0.717, 1.165) is 54.0 Å². The highest BCUT2D eigenvalue weighted by atomic mass is 16.1. The Bertz CT molecular complexity index is 980. The first-order chi connectivity index (χ1) is 14.0. The Hall–Kier alpha value is -2.73. The molecule has 0 atom stereocenters. The van der Waals surface area contributed by atoms with E-state index in [2.05, 4.69) is 26.9 Å². The molecule has 6 nitrogen and oxygen atoms in total. The Kier molecular flexibility index (Phi) is 5.37. The van der Waals surface area contributed by atoms with Gasteiger partial charge in [-0.2, -0.15) is 0 Å². The molecule has 0 bridgehead atoms. The van der Waals surface area contributed by atoms with Crippen molar-refractivity contribution in [2.75, 3.05) is 39.1 Å². The van der Waals surface area contributed by atoms with Crippen LogP contribution >= 0.6 is 0 Å². The number of pyridine rings is 1. The van der Waals surface area contributed by atoms with Crippen LogP contribution in [0.3, 0.4) is 0 Å². The van der Waals surface area contributed by atoms with Crippen LogP contribution in [0.25, 0.3) is 11.1 Å². The van der Waals surface area contributed by atoms with Crippen LogP contribution in [0.2, 0.25) is 0 Å². The van der Waals surface area contributed by atoms with Gasteiger partial charge in [0.15, 0.2) is 0 Å². The third-order valence-electron chi connectivity index (χ3n) is 5.92. The zero-order chi connectivity index (χ0) is 20.5. The molecule has 0 saturated heterocycles. The lowest BCUT2D eigenvalue weighted by molar-refractivity contribution is 0.1000. The number of nitrogens with zero attached hydrogens (tertiary/aromatic N) is 4. The monoisotopic (exact) mass is 391 g/mol. The molecule has 2 aromatic rings. The topological polar surface area (TPSA) is 74.8 Å². The van der Waals surface area contributed by atoms with Gasteiger partial charge in [-0.1, -0.05) is 0 Å². The number of rotatable bonds is 6. The summed E-state index contributed by atoms with van der Waals surface area (Å²) in [5.74, 6) is -0.395. The summed E-state index contributed by atoms with van der Waals surface area (Å²) in [5.41, 5.74) is 13.7. The quantitative estimate of drug-likeness (QED) is 0.821. The van der Waals surface area contributed by atoms with Crippen molar-refractivity contribution in [3.05, 3.63) is 40.7 Å². The van der Waals surface area contributed by atoms with E-state index >= 15 is 0 Å². The van der Waals surface area contributed by atoms with Gasteiger partial charge in [0.25, 0.3) is 5.91 Å². The summed E-state index contributed by atoms with van der Waals surface area (Å²) in [5, 5.41) is 0. The molecule has 0 radical (unpaired) electrons. The van der Waals surface area contributed by atoms with Gasteiger partial charge in [-0.3, -0.25) is 14.8 Å². The lowest BCUT2D eigenvalue weighted by Crippen LogP contribution is -2.30. The number of primary amides is 1. The third kappa shape index (κ3) is 3.77. The van der Waals surface area contributed by atoms with E-state index in [1.807, 2.05) is 33.6 Å². The van der Waals surface area contributed by atoms with Gasteiger partial charge in [0, 0.05) is 55.8 Å². The first-order valence-electron chi connectivity index (χ1n) is 10.3. The Morgan fingerprint density at radius 2 is 1.93 bits per heavy atom. The smallest absolute Gasteiger partial charge is 0.251 e. The molecule has 2 heterocycles. The minimum Gasteiger partial charge on any atom is -0.373 e. The molecule has 0 saturated carbocycles. The molecular formula is C23H29N5O. The van der Waals surface area contributed by atoms with Crippen LogP contribution < -0.4 is 10.6 Å². The fourth-order valence-electron chi connectivity index (χ4n) is 4.29. The average Bonchev–Trinajstić information content (AvgIpc) is 3.19. The van der Waals surface area contributed by atoms with Gasteiger partial charge in [0.1, 0.15) is 0 Å². The molecule has 0 fully saturated rings. The second-order valence-corrected chi connectivity index (χ2v) is 8.29. The van der Waals surface area contributed by atoms with Gasteiger partial charge in [-0.25, -0.2) is 0 Å². The number of nitrogens with two attached hydrogens (primary N) is 1. The molecule has 0 unspecified atom stereocenters. The number of carbonyl (C=O) groups is 1. The Balaban J connectivity index is 1.84. The largest absolute Gasteiger partial charge is 0.373 e. The Morgan fingerprint density at radius 1 is 1.14 bits per heavy atom.